The lowest BCUT2D eigenvalue weighted by Crippen LogP contribution is -2.08. The Morgan fingerprint density at radius 2 is 2.22 bits per heavy atom. The molecule has 0 fully saturated rings. The predicted molar refractivity (Wildman–Crippen MR) is 69.9 cm³/mol. The molecular formula is C11H11ClN4OS. The minimum atomic E-state index is -0.00925. The van der Waals surface area contributed by atoms with Gasteiger partial charge in [-0.1, -0.05) is 28.1 Å². The van der Waals surface area contributed by atoms with Crippen molar-refractivity contribution in [3.8, 4) is 6.07 Å². The largest absolute Gasteiger partial charge is 0.361 e. The third-order valence-electron chi connectivity index (χ3n) is 2.55. The molecule has 0 radical (unpaired) electrons. The van der Waals surface area contributed by atoms with Crippen LogP contribution >= 0.6 is 22.9 Å². The molecule has 1 N–H and O–H groups in total. The van der Waals surface area contributed by atoms with E-state index in [0.717, 1.165) is 17.0 Å². The van der Waals surface area contributed by atoms with Gasteiger partial charge in [0.05, 0.1) is 11.7 Å². The highest BCUT2D eigenvalue weighted by atomic mass is 35.5. The Morgan fingerprint density at radius 3 is 2.72 bits per heavy atom. The SMILES string of the molecule is Cc1noc(C)c1C(C)Nc1nc(Cl)c(C#N)s1. The molecule has 0 aliphatic heterocycles. The lowest BCUT2D eigenvalue weighted by molar-refractivity contribution is 0.392. The molecule has 0 amide bonds. The van der Waals surface area contributed by atoms with Crippen molar-refractivity contribution in [1.82, 2.24) is 10.1 Å². The van der Waals surface area contributed by atoms with E-state index in [1.54, 1.807) is 0 Å². The molecule has 2 aromatic heterocycles. The summed E-state index contributed by atoms with van der Waals surface area (Å²) >= 11 is 7.05. The first-order valence-corrected chi connectivity index (χ1v) is 6.48. The lowest BCUT2D eigenvalue weighted by atomic mass is 10.1. The molecule has 2 heterocycles. The fourth-order valence-electron chi connectivity index (χ4n) is 1.80. The molecule has 2 aromatic rings. The number of anilines is 1. The average Bonchev–Trinajstić information content (AvgIpc) is 2.82. The van der Waals surface area contributed by atoms with E-state index in [-0.39, 0.29) is 11.2 Å². The summed E-state index contributed by atoms with van der Waals surface area (Å²) in [6, 6.07) is 1.99. The Labute approximate surface area is 113 Å². The number of hydrogen-bond acceptors (Lipinski definition) is 6. The first kappa shape index (κ1) is 12.9. The zero-order chi connectivity index (χ0) is 13.3. The molecular weight excluding hydrogens is 272 g/mol. The summed E-state index contributed by atoms with van der Waals surface area (Å²) in [5.41, 5.74) is 1.84. The van der Waals surface area contributed by atoms with E-state index >= 15 is 0 Å². The van der Waals surface area contributed by atoms with Crippen LogP contribution in [0.2, 0.25) is 5.15 Å². The summed E-state index contributed by atoms with van der Waals surface area (Å²) in [5, 5.41) is 16.8. The molecule has 1 atom stereocenters. The second kappa shape index (κ2) is 4.96. The van der Waals surface area contributed by atoms with Crippen molar-refractivity contribution in [2.45, 2.75) is 26.8 Å². The monoisotopic (exact) mass is 282 g/mol. The lowest BCUT2D eigenvalue weighted by Gasteiger charge is -2.12. The maximum absolute atomic E-state index is 8.82. The van der Waals surface area contributed by atoms with Crippen molar-refractivity contribution < 1.29 is 4.52 Å². The number of nitrogens with zero attached hydrogens (tertiary/aromatic N) is 3. The fraction of sp³-hybridized carbons (Fsp3) is 0.364. The van der Waals surface area contributed by atoms with Gasteiger partial charge in [-0.05, 0) is 20.8 Å². The molecule has 1 unspecified atom stereocenters. The van der Waals surface area contributed by atoms with Crippen LogP contribution in [0.25, 0.3) is 0 Å². The number of hydrogen-bond donors (Lipinski definition) is 1. The zero-order valence-corrected chi connectivity index (χ0v) is 11.7. The molecule has 0 bridgehead atoms. The second-order valence-corrected chi connectivity index (χ2v) is 5.21. The van der Waals surface area contributed by atoms with Crippen LogP contribution in [-0.4, -0.2) is 10.1 Å². The molecule has 0 spiro atoms. The van der Waals surface area contributed by atoms with Gasteiger partial charge in [0.25, 0.3) is 0 Å². The highest BCUT2D eigenvalue weighted by Crippen LogP contribution is 2.30. The highest BCUT2D eigenvalue weighted by Gasteiger charge is 2.18. The van der Waals surface area contributed by atoms with E-state index in [2.05, 4.69) is 15.5 Å². The average molecular weight is 283 g/mol. The second-order valence-electron chi connectivity index (χ2n) is 3.85. The maximum Gasteiger partial charge on any atom is 0.185 e. The molecule has 0 aliphatic rings. The Balaban J connectivity index is 2.22. The van der Waals surface area contributed by atoms with Crippen LogP contribution in [0.15, 0.2) is 4.52 Å². The minimum Gasteiger partial charge on any atom is -0.361 e. The predicted octanol–water partition coefficient (Wildman–Crippen LogP) is 3.45. The van der Waals surface area contributed by atoms with Gasteiger partial charge in [-0.25, -0.2) is 4.98 Å². The Bertz CT molecular complexity index is 594. The summed E-state index contributed by atoms with van der Waals surface area (Å²) in [6.45, 7) is 5.73. The van der Waals surface area contributed by atoms with Gasteiger partial charge < -0.3 is 9.84 Å². The first-order chi connectivity index (χ1) is 8.52. The van der Waals surface area contributed by atoms with Crippen LogP contribution in [0, 0.1) is 25.2 Å². The van der Waals surface area contributed by atoms with Crippen molar-refractivity contribution >= 4 is 28.1 Å². The summed E-state index contributed by atoms with van der Waals surface area (Å²) in [7, 11) is 0. The van der Waals surface area contributed by atoms with Gasteiger partial charge in [0, 0.05) is 5.56 Å². The highest BCUT2D eigenvalue weighted by molar-refractivity contribution is 7.16. The van der Waals surface area contributed by atoms with Gasteiger partial charge >= 0.3 is 0 Å². The van der Waals surface area contributed by atoms with Crippen LogP contribution in [0.1, 0.15) is 34.9 Å². The van der Waals surface area contributed by atoms with Gasteiger partial charge in [0.2, 0.25) is 0 Å². The van der Waals surface area contributed by atoms with Gasteiger partial charge in [0.15, 0.2) is 10.3 Å². The van der Waals surface area contributed by atoms with Gasteiger partial charge in [-0.2, -0.15) is 5.26 Å². The quantitative estimate of drug-likeness (QED) is 0.933. The van der Waals surface area contributed by atoms with E-state index in [4.69, 9.17) is 21.4 Å². The standard InChI is InChI=1S/C11H11ClN4OS/c1-5(9-6(2)16-17-7(9)3)14-11-15-10(12)8(4-13)18-11/h5H,1-3H3,(H,14,15). The van der Waals surface area contributed by atoms with Crippen LogP contribution in [-0.2, 0) is 0 Å². The molecule has 0 saturated heterocycles. The van der Waals surface area contributed by atoms with Gasteiger partial charge in [-0.15, -0.1) is 0 Å². The van der Waals surface area contributed by atoms with Crippen LogP contribution in [0.4, 0.5) is 5.13 Å². The van der Waals surface area contributed by atoms with Crippen molar-refractivity contribution in [3.05, 3.63) is 27.0 Å². The summed E-state index contributed by atoms with van der Waals surface area (Å²) in [6.07, 6.45) is 0. The number of nitrogens with one attached hydrogen (secondary N) is 1. The number of rotatable bonds is 3. The number of aromatic nitrogens is 2. The fourth-order valence-corrected chi connectivity index (χ4v) is 2.83. The van der Waals surface area contributed by atoms with E-state index in [9.17, 15) is 0 Å². The van der Waals surface area contributed by atoms with Crippen LogP contribution in [0.5, 0.6) is 0 Å². The molecule has 0 aliphatic carbocycles. The smallest absolute Gasteiger partial charge is 0.185 e. The first-order valence-electron chi connectivity index (χ1n) is 5.28. The molecule has 5 nitrogen and oxygen atoms in total. The molecule has 0 aromatic carbocycles. The maximum atomic E-state index is 8.82. The van der Waals surface area contributed by atoms with Crippen LogP contribution in [0.3, 0.4) is 0 Å². The molecule has 2 rings (SSSR count). The van der Waals surface area contributed by atoms with Crippen LogP contribution < -0.4 is 5.32 Å². The third kappa shape index (κ3) is 2.33. The van der Waals surface area contributed by atoms with E-state index in [0.29, 0.717) is 10.0 Å². The van der Waals surface area contributed by atoms with E-state index in [1.807, 2.05) is 26.8 Å². The van der Waals surface area contributed by atoms with Crippen molar-refractivity contribution in [2.24, 2.45) is 0 Å². The van der Waals surface area contributed by atoms with Crippen molar-refractivity contribution in [1.29, 1.82) is 5.26 Å². The van der Waals surface area contributed by atoms with Gasteiger partial charge in [-0.3, -0.25) is 0 Å². The van der Waals surface area contributed by atoms with Gasteiger partial charge in [0.1, 0.15) is 16.7 Å². The molecule has 94 valence electrons. The normalized spacial score (nSPS) is 12.2. The summed E-state index contributed by atoms with van der Waals surface area (Å²) in [5.74, 6) is 0.774. The number of aryl methyl sites for hydroxylation is 2. The number of halogens is 1. The Morgan fingerprint density at radius 1 is 1.50 bits per heavy atom. The molecule has 7 heteroatoms. The van der Waals surface area contributed by atoms with E-state index < -0.39 is 0 Å². The topological polar surface area (TPSA) is 74.7 Å². The zero-order valence-electron chi connectivity index (χ0n) is 10.1. The Hall–Kier alpha value is -1.58. The third-order valence-corrected chi connectivity index (χ3v) is 3.83. The Kier molecular flexibility index (Phi) is 3.55. The molecule has 0 saturated carbocycles. The number of nitriles is 1. The van der Waals surface area contributed by atoms with Crippen molar-refractivity contribution in [3.63, 3.8) is 0 Å². The minimum absolute atomic E-state index is 0.00925. The molecule has 18 heavy (non-hydrogen) atoms. The van der Waals surface area contributed by atoms with Crippen molar-refractivity contribution in [2.75, 3.05) is 5.32 Å². The van der Waals surface area contributed by atoms with E-state index in [1.165, 1.54) is 11.3 Å². The summed E-state index contributed by atoms with van der Waals surface area (Å²) in [4.78, 5) is 4.50. The number of thiazole rings is 1. The summed E-state index contributed by atoms with van der Waals surface area (Å²) < 4.78 is 5.12.